The molecule has 0 saturated carbocycles. The maximum Gasteiger partial charge on any atom is 0.331 e. The van der Waals surface area contributed by atoms with Crippen molar-refractivity contribution < 1.29 is 26.2 Å². The zero-order valence-electron chi connectivity index (χ0n) is 10.1. The molecule has 0 aromatic heterocycles. The van der Waals surface area contributed by atoms with Crippen LogP contribution in [0.2, 0.25) is 0 Å². The van der Waals surface area contributed by atoms with Gasteiger partial charge in [0, 0.05) is 6.16 Å². The van der Waals surface area contributed by atoms with Crippen molar-refractivity contribution in [3.8, 4) is 0 Å². The summed E-state index contributed by atoms with van der Waals surface area (Å²) in [6, 6.07) is 0. The Morgan fingerprint density at radius 1 is 1.35 bits per heavy atom. The van der Waals surface area contributed by atoms with E-state index in [2.05, 4.69) is 4.18 Å². The number of rotatable bonds is 7. The zero-order valence-corrected chi connectivity index (χ0v) is 11.8. The van der Waals surface area contributed by atoms with Crippen LogP contribution in [0.1, 0.15) is 26.7 Å². The molecule has 0 N–H and O–H groups in total. The van der Waals surface area contributed by atoms with Crippen molar-refractivity contribution >= 4 is 17.7 Å². The highest BCUT2D eigenvalue weighted by Crippen LogP contribution is 2.50. The molecule has 2 unspecified atom stereocenters. The van der Waals surface area contributed by atoms with Gasteiger partial charge in [-0.25, -0.2) is 0 Å². The fourth-order valence-corrected chi connectivity index (χ4v) is 4.51. The molecular weight excluding hydrogens is 267 g/mol. The quantitative estimate of drug-likeness (QED) is 0.524. The topological polar surface area (TPSA) is 78.9 Å². The third kappa shape index (κ3) is 5.06. The first-order valence-electron chi connectivity index (χ1n) is 5.70. The fraction of sp³-hybridized carbons (Fsp3) is 1.00. The highest BCUT2D eigenvalue weighted by molar-refractivity contribution is 7.87. The van der Waals surface area contributed by atoms with Gasteiger partial charge < -0.3 is 9.05 Å². The van der Waals surface area contributed by atoms with Gasteiger partial charge in [0.1, 0.15) is 11.9 Å². The highest BCUT2D eigenvalue weighted by Gasteiger charge is 2.36. The minimum absolute atomic E-state index is 0.0779. The number of hydrogen-bond donors (Lipinski definition) is 0. The third-order valence-corrected chi connectivity index (χ3v) is 5.59. The average molecular weight is 286 g/mol. The lowest BCUT2D eigenvalue weighted by molar-refractivity contribution is 0.137. The van der Waals surface area contributed by atoms with Crippen LogP contribution >= 0.6 is 7.60 Å². The van der Waals surface area contributed by atoms with E-state index in [0.717, 1.165) is 6.42 Å². The first-order chi connectivity index (χ1) is 7.91. The van der Waals surface area contributed by atoms with Gasteiger partial charge in [0.2, 0.25) is 0 Å². The van der Waals surface area contributed by atoms with Gasteiger partial charge in [-0.05, 0) is 12.8 Å². The van der Waals surface area contributed by atoms with Crippen molar-refractivity contribution in [2.45, 2.75) is 32.8 Å². The second kappa shape index (κ2) is 6.29. The lowest BCUT2D eigenvalue weighted by Crippen LogP contribution is -2.17. The molecule has 8 heteroatoms. The fourth-order valence-electron chi connectivity index (χ4n) is 1.44. The predicted octanol–water partition coefficient (Wildman–Crippen LogP) is 1.76. The normalized spacial score (nSPS) is 26.8. The van der Waals surface area contributed by atoms with Crippen LogP contribution < -0.4 is 0 Å². The molecule has 1 fully saturated rings. The van der Waals surface area contributed by atoms with Crippen molar-refractivity contribution in [2.24, 2.45) is 0 Å². The van der Waals surface area contributed by atoms with Crippen LogP contribution in [0, 0.1) is 0 Å². The van der Waals surface area contributed by atoms with Crippen LogP contribution in [0.15, 0.2) is 0 Å². The van der Waals surface area contributed by atoms with Crippen molar-refractivity contribution in [3.63, 3.8) is 0 Å². The summed E-state index contributed by atoms with van der Waals surface area (Å²) in [7, 11) is -6.69. The molecule has 1 aliphatic heterocycles. The summed E-state index contributed by atoms with van der Waals surface area (Å²) >= 11 is 0. The van der Waals surface area contributed by atoms with Gasteiger partial charge in [0.05, 0.1) is 13.2 Å². The van der Waals surface area contributed by atoms with Gasteiger partial charge in [-0.2, -0.15) is 8.42 Å². The largest absolute Gasteiger partial charge is 0.331 e. The van der Waals surface area contributed by atoms with Crippen molar-refractivity contribution in [1.82, 2.24) is 0 Å². The molecule has 0 aromatic rings. The minimum atomic E-state index is -3.50. The Morgan fingerprint density at radius 2 is 2.06 bits per heavy atom. The Kier molecular flexibility index (Phi) is 5.60. The first kappa shape index (κ1) is 15.1. The van der Waals surface area contributed by atoms with E-state index in [4.69, 9.17) is 9.05 Å². The highest BCUT2D eigenvalue weighted by atomic mass is 32.2. The monoisotopic (exact) mass is 286 g/mol. The molecule has 1 heterocycles. The van der Waals surface area contributed by atoms with Crippen LogP contribution in [0.4, 0.5) is 0 Å². The summed E-state index contributed by atoms with van der Waals surface area (Å²) < 4.78 is 49.5. The Bertz CT molecular complexity index is 379. The molecule has 0 bridgehead atoms. The summed E-state index contributed by atoms with van der Waals surface area (Å²) in [6.07, 6.45) is 0.996. The van der Waals surface area contributed by atoms with Crippen molar-refractivity contribution in [1.29, 1.82) is 0 Å². The van der Waals surface area contributed by atoms with E-state index in [0.29, 0.717) is 19.2 Å². The Balaban J connectivity index is 2.58. The Labute approximate surface area is 102 Å². The maximum absolute atomic E-state index is 12.2. The van der Waals surface area contributed by atoms with Crippen LogP contribution in [0.25, 0.3) is 0 Å². The third-order valence-electron chi connectivity index (χ3n) is 2.12. The number of hydrogen-bond acceptors (Lipinski definition) is 6. The summed E-state index contributed by atoms with van der Waals surface area (Å²) in [5, 5.41) is 0. The molecule has 0 radical (unpaired) electrons. The predicted molar refractivity (Wildman–Crippen MR) is 63.6 cm³/mol. The second-order valence-electron chi connectivity index (χ2n) is 3.90. The van der Waals surface area contributed by atoms with Gasteiger partial charge in [-0.1, -0.05) is 13.8 Å². The summed E-state index contributed by atoms with van der Waals surface area (Å²) in [6.45, 7) is 4.04. The molecule has 2 atom stereocenters. The molecule has 1 rings (SSSR count). The maximum atomic E-state index is 12.2. The Hall–Kier alpha value is 0.0600. The standard InChI is InChI=1S/C9H19O6PS/c1-3-5-13-16(10,6-4-2)15-9-7-14-17(11,12)8-9/h9H,3-8H2,1-2H3. The summed E-state index contributed by atoms with van der Waals surface area (Å²) in [4.78, 5) is 0. The molecule has 1 aliphatic rings. The molecular formula is C9H19O6PS. The van der Waals surface area contributed by atoms with Crippen LogP contribution in [0.5, 0.6) is 0 Å². The lowest BCUT2D eigenvalue weighted by atomic mass is 10.5. The van der Waals surface area contributed by atoms with E-state index in [1.807, 2.05) is 13.8 Å². The van der Waals surface area contributed by atoms with E-state index in [1.165, 1.54) is 0 Å². The minimum Gasteiger partial charge on any atom is -0.309 e. The van der Waals surface area contributed by atoms with Gasteiger partial charge in [-0.15, -0.1) is 0 Å². The molecule has 17 heavy (non-hydrogen) atoms. The zero-order chi connectivity index (χ0) is 12.9. The molecule has 6 nitrogen and oxygen atoms in total. The molecule has 0 spiro atoms. The average Bonchev–Trinajstić information content (AvgIpc) is 2.55. The van der Waals surface area contributed by atoms with Crippen LogP contribution in [-0.4, -0.2) is 39.7 Å². The van der Waals surface area contributed by atoms with Crippen LogP contribution in [0.3, 0.4) is 0 Å². The van der Waals surface area contributed by atoms with Gasteiger partial charge in [-0.3, -0.25) is 8.75 Å². The van der Waals surface area contributed by atoms with E-state index in [9.17, 15) is 13.0 Å². The molecule has 0 aromatic carbocycles. The van der Waals surface area contributed by atoms with Crippen molar-refractivity contribution in [3.05, 3.63) is 0 Å². The van der Waals surface area contributed by atoms with Gasteiger partial charge >= 0.3 is 7.60 Å². The van der Waals surface area contributed by atoms with Gasteiger partial charge in [0.25, 0.3) is 10.1 Å². The SMILES string of the molecule is CCCOP(=O)(CCC)OC1COS(=O)(=O)C1. The molecule has 0 amide bonds. The lowest BCUT2D eigenvalue weighted by Gasteiger charge is -2.20. The van der Waals surface area contributed by atoms with E-state index in [1.54, 1.807) is 0 Å². The smallest absolute Gasteiger partial charge is 0.309 e. The van der Waals surface area contributed by atoms with E-state index < -0.39 is 23.8 Å². The van der Waals surface area contributed by atoms with Gasteiger partial charge in [0.15, 0.2) is 0 Å². The molecule has 1 saturated heterocycles. The van der Waals surface area contributed by atoms with E-state index >= 15 is 0 Å². The molecule has 102 valence electrons. The summed E-state index contributed by atoms with van der Waals surface area (Å²) in [5.41, 5.74) is 0. The van der Waals surface area contributed by atoms with Crippen LogP contribution in [-0.2, 0) is 27.9 Å². The first-order valence-corrected chi connectivity index (χ1v) is 9.00. The van der Waals surface area contributed by atoms with Crippen molar-refractivity contribution in [2.75, 3.05) is 25.1 Å². The molecule has 0 aliphatic carbocycles. The van der Waals surface area contributed by atoms with E-state index in [-0.39, 0.29) is 12.4 Å². The second-order valence-corrected chi connectivity index (χ2v) is 7.73. The Morgan fingerprint density at radius 3 is 2.53 bits per heavy atom. The summed E-state index contributed by atoms with van der Waals surface area (Å²) in [5.74, 6) is -0.254.